The third-order valence-electron chi connectivity index (χ3n) is 4.37. The van der Waals surface area contributed by atoms with Crippen LogP contribution in [0.25, 0.3) is 11.1 Å². The molecule has 1 amide bonds. The second-order valence-electron chi connectivity index (χ2n) is 6.38. The summed E-state index contributed by atoms with van der Waals surface area (Å²) >= 11 is 0. The molecular formula is C21H25NO4S. The Kier molecular flexibility index (Phi) is 7.73. The second-order valence-corrected chi connectivity index (χ2v) is 8.48. The zero-order valence-corrected chi connectivity index (χ0v) is 16.3. The number of hydrogen-bond donors (Lipinski definition) is 1. The maximum absolute atomic E-state index is 12.4. The SMILES string of the molecule is CNC(=O)C(=O)CCCCCCS(=O)(=O)c1ccc(-c2ccccc2)cc1. The number of benzene rings is 2. The van der Waals surface area contributed by atoms with Gasteiger partial charge in [-0.05, 0) is 36.1 Å². The van der Waals surface area contributed by atoms with Crippen LogP contribution in [0.15, 0.2) is 59.5 Å². The first-order valence-corrected chi connectivity index (χ1v) is 10.7. The van der Waals surface area contributed by atoms with Gasteiger partial charge in [0.1, 0.15) is 0 Å². The van der Waals surface area contributed by atoms with Gasteiger partial charge in [-0.25, -0.2) is 8.42 Å². The average Bonchev–Trinajstić information content (AvgIpc) is 2.70. The number of ketones is 1. The van der Waals surface area contributed by atoms with Gasteiger partial charge < -0.3 is 5.32 Å². The van der Waals surface area contributed by atoms with E-state index in [1.807, 2.05) is 42.5 Å². The number of sulfone groups is 1. The minimum absolute atomic E-state index is 0.0844. The number of Topliss-reactive ketones (excluding diaryl/α,β-unsaturated/α-hetero) is 1. The zero-order chi connectivity index (χ0) is 19.7. The molecule has 0 aliphatic rings. The molecule has 6 heteroatoms. The van der Waals surface area contributed by atoms with Gasteiger partial charge in [0.25, 0.3) is 5.91 Å². The lowest BCUT2D eigenvalue weighted by Crippen LogP contribution is -2.27. The molecule has 1 N–H and O–H groups in total. The fourth-order valence-electron chi connectivity index (χ4n) is 2.79. The van der Waals surface area contributed by atoms with Crippen LogP contribution in [-0.2, 0) is 19.4 Å². The fourth-order valence-corrected chi connectivity index (χ4v) is 4.16. The molecule has 27 heavy (non-hydrogen) atoms. The molecule has 0 aromatic heterocycles. The number of rotatable bonds is 10. The van der Waals surface area contributed by atoms with Crippen molar-refractivity contribution in [2.24, 2.45) is 0 Å². The van der Waals surface area contributed by atoms with E-state index in [0.717, 1.165) is 17.5 Å². The number of carbonyl (C=O) groups is 2. The van der Waals surface area contributed by atoms with E-state index in [4.69, 9.17) is 0 Å². The Hall–Kier alpha value is -2.47. The first kappa shape index (κ1) is 20.8. The van der Waals surface area contributed by atoms with Crippen LogP contribution in [0.1, 0.15) is 32.1 Å². The van der Waals surface area contributed by atoms with Gasteiger partial charge in [0.05, 0.1) is 10.6 Å². The highest BCUT2D eigenvalue weighted by Gasteiger charge is 2.14. The molecule has 2 rings (SSSR count). The molecule has 0 aliphatic carbocycles. The molecule has 0 radical (unpaired) electrons. The predicted octanol–water partition coefficient (Wildman–Crippen LogP) is 3.39. The summed E-state index contributed by atoms with van der Waals surface area (Å²) in [6.45, 7) is 0. The molecule has 0 saturated carbocycles. The number of carbonyl (C=O) groups excluding carboxylic acids is 2. The first-order chi connectivity index (χ1) is 12.9. The number of amides is 1. The third-order valence-corrected chi connectivity index (χ3v) is 6.18. The van der Waals surface area contributed by atoms with Crippen molar-refractivity contribution in [1.82, 2.24) is 5.32 Å². The van der Waals surface area contributed by atoms with Gasteiger partial charge in [-0.15, -0.1) is 0 Å². The topological polar surface area (TPSA) is 80.3 Å². The Morgan fingerprint density at radius 1 is 0.815 bits per heavy atom. The lowest BCUT2D eigenvalue weighted by atomic mass is 10.1. The summed E-state index contributed by atoms with van der Waals surface area (Å²) in [5.41, 5.74) is 2.03. The van der Waals surface area contributed by atoms with Crippen LogP contribution >= 0.6 is 0 Å². The van der Waals surface area contributed by atoms with Crippen LogP contribution in [0.2, 0.25) is 0 Å². The molecule has 0 bridgehead atoms. The highest BCUT2D eigenvalue weighted by molar-refractivity contribution is 7.91. The Balaban J connectivity index is 1.79. The van der Waals surface area contributed by atoms with Gasteiger partial charge in [0.2, 0.25) is 5.78 Å². The molecular weight excluding hydrogens is 362 g/mol. The summed E-state index contributed by atoms with van der Waals surface area (Å²) in [4.78, 5) is 22.8. The van der Waals surface area contributed by atoms with Crippen LogP contribution in [-0.4, -0.2) is 32.9 Å². The summed E-state index contributed by atoms with van der Waals surface area (Å²) in [6, 6.07) is 16.8. The standard InChI is InChI=1S/C21H25NO4S/c1-22-21(24)20(23)11-7-2-3-8-16-27(25,26)19-14-12-18(13-15-19)17-9-5-4-6-10-17/h4-6,9-10,12-15H,2-3,7-8,11,16H2,1H3,(H,22,24). The molecule has 0 aliphatic heterocycles. The van der Waals surface area contributed by atoms with Crippen molar-refractivity contribution < 1.29 is 18.0 Å². The van der Waals surface area contributed by atoms with Crippen LogP contribution in [0, 0.1) is 0 Å². The molecule has 144 valence electrons. The van der Waals surface area contributed by atoms with E-state index in [1.54, 1.807) is 12.1 Å². The van der Waals surface area contributed by atoms with E-state index in [2.05, 4.69) is 5.32 Å². The summed E-state index contributed by atoms with van der Waals surface area (Å²) < 4.78 is 24.9. The number of likely N-dealkylation sites (N-methyl/N-ethyl adjacent to an activating group) is 1. The minimum Gasteiger partial charge on any atom is -0.353 e. The normalized spacial score (nSPS) is 11.1. The summed E-state index contributed by atoms with van der Waals surface area (Å²) in [6.07, 6.45) is 2.77. The van der Waals surface area contributed by atoms with E-state index in [0.29, 0.717) is 24.2 Å². The number of nitrogens with one attached hydrogen (secondary N) is 1. The van der Waals surface area contributed by atoms with Crippen molar-refractivity contribution in [1.29, 1.82) is 0 Å². The zero-order valence-electron chi connectivity index (χ0n) is 15.5. The number of hydrogen-bond acceptors (Lipinski definition) is 4. The smallest absolute Gasteiger partial charge is 0.287 e. The Bertz CT molecular complexity index is 859. The molecule has 2 aromatic carbocycles. The fraction of sp³-hybridized carbons (Fsp3) is 0.333. The van der Waals surface area contributed by atoms with Crippen molar-refractivity contribution in [3.63, 3.8) is 0 Å². The summed E-state index contributed by atoms with van der Waals surface area (Å²) in [5, 5.41) is 2.30. The third kappa shape index (κ3) is 6.32. The average molecular weight is 388 g/mol. The van der Waals surface area contributed by atoms with Gasteiger partial charge in [0, 0.05) is 13.5 Å². The second kappa shape index (κ2) is 10.0. The maximum atomic E-state index is 12.4. The van der Waals surface area contributed by atoms with Crippen molar-refractivity contribution in [3.05, 3.63) is 54.6 Å². The Morgan fingerprint density at radius 3 is 2.04 bits per heavy atom. The molecule has 0 spiro atoms. The molecule has 2 aromatic rings. The summed E-state index contributed by atoms with van der Waals surface area (Å²) in [5.74, 6) is -0.915. The van der Waals surface area contributed by atoms with E-state index in [9.17, 15) is 18.0 Å². The van der Waals surface area contributed by atoms with Crippen LogP contribution in [0.5, 0.6) is 0 Å². The van der Waals surface area contributed by atoms with Crippen LogP contribution in [0.3, 0.4) is 0 Å². The van der Waals surface area contributed by atoms with Gasteiger partial charge >= 0.3 is 0 Å². The van der Waals surface area contributed by atoms with Gasteiger partial charge in [-0.3, -0.25) is 9.59 Å². The quantitative estimate of drug-likeness (QED) is 0.500. The van der Waals surface area contributed by atoms with Crippen molar-refractivity contribution >= 4 is 21.5 Å². The van der Waals surface area contributed by atoms with Gasteiger partial charge in [0.15, 0.2) is 9.84 Å². The van der Waals surface area contributed by atoms with E-state index in [-0.39, 0.29) is 12.2 Å². The highest BCUT2D eigenvalue weighted by Crippen LogP contribution is 2.22. The van der Waals surface area contributed by atoms with Crippen molar-refractivity contribution in [3.8, 4) is 11.1 Å². The lowest BCUT2D eigenvalue weighted by Gasteiger charge is -2.07. The largest absolute Gasteiger partial charge is 0.353 e. The minimum atomic E-state index is -3.31. The molecule has 5 nitrogen and oxygen atoms in total. The van der Waals surface area contributed by atoms with Crippen molar-refractivity contribution in [2.75, 3.05) is 12.8 Å². The monoisotopic (exact) mass is 387 g/mol. The van der Waals surface area contributed by atoms with E-state index in [1.165, 1.54) is 7.05 Å². The molecule has 0 unspecified atom stereocenters. The van der Waals surface area contributed by atoms with E-state index < -0.39 is 21.5 Å². The molecule has 0 fully saturated rings. The maximum Gasteiger partial charge on any atom is 0.287 e. The first-order valence-electron chi connectivity index (χ1n) is 9.07. The molecule has 0 heterocycles. The van der Waals surface area contributed by atoms with Crippen molar-refractivity contribution in [2.45, 2.75) is 37.0 Å². The number of unbranched alkanes of at least 4 members (excludes halogenated alkanes) is 3. The Labute approximate surface area is 160 Å². The van der Waals surface area contributed by atoms with Crippen LogP contribution in [0.4, 0.5) is 0 Å². The molecule has 0 saturated heterocycles. The van der Waals surface area contributed by atoms with E-state index >= 15 is 0 Å². The van der Waals surface area contributed by atoms with Gasteiger partial charge in [-0.1, -0.05) is 55.3 Å². The van der Waals surface area contributed by atoms with Crippen LogP contribution < -0.4 is 5.32 Å². The Morgan fingerprint density at radius 2 is 1.41 bits per heavy atom. The highest BCUT2D eigenvalue weighted by atomic mass is 32.2. The lowest BCUT2D eigenvalue weighted by molar-refractivity contribution is -0.137. The summed E-state index contributed by atoms with van der Waals surface area (Å²) in [7, 11) is -1.88. The predicted molar refractivity (Wildman–Crippen MR) is 106 cm³/mol. The van der Waals surface area contributed by atoms with Gasteiger partial charge in [-0.2, -0.15) is 0 Å². The molecule has 0 atom stereocenters.